The molecule has 2 aromatic rings. The Balaban J connectivity index is 1.86. The fraction of sp³-hybridized carbons (Fsp3) is 0.278. The lowest BCUT2D eigenvalue weighted by Gasteiger charge is -2.19. The summed E-state index contributed by atoms with van der Waals surface area (Å²) < 4.78 is 0. The van der Waals surface area contributed by atoms with Crippen molar-refractivity contribution in [2.24, 2.45) is 0 Å². The number of carbonyl (C=O) groups excluding carboxylic acids is 1. The van der Waals surface area contributed by atoms with Crippen molar-refractivity contribution in [3.05, 3.63) is 58.7 Å². The van der Waals surface area contributed by atoms with E-state index in [1.54, 1.807) is 25.1 Å². The van der Waals surface area contributed by atoms with Gasteiger partial charge in [-0.2, -0.15) is 0 Å². The van der Waals surface area contributed by atoms with Gasteiger partial charge in [-0.15, -0.1) is 0 Å². The molecule has 0 heterocycles. The van der Waals surface area contributed by atoms with E-state index in [1.165, 1.54) is 24.0 Å². The van der Waals surface area contributed by atoms with Crippen molar-refractivity contribution in [1.29, 1.82) is 0 Å². The van der Waals surface area contributed by atoms with Crippen LogP contribution in [0.4, 0.5) is 5.69 Å². The Bertz CT molecular complexity index is 692. The van der Waals surface area contributed by atoms with Crippen LogP contribution < -0.4 is 5.32 Å². The van der Waals surface area contributed by atoms with E-state index in [4.69, 9.17) is 0 Å². The van der Waals surface area contributed by atoms with Crippen LogP contribution in [0, 0.1) is 6.92 Å². The van der Waals surface area contributed by atoms with E-state index >= 15 is 0 Å². The summed E-state index contributed by atoms with van der Waals surface area (Å²) in [4.78, 5) is 12.4. The molecule has 0 radical (unpaired) electrons. The van der Waals surface area contributed by atoms with Crippen molar-refractivity contribution in [2.45, 2.75) is 32.6 Å². The van der Waals surface area contributed by atoms with Crippen molar-refractivity contribution in [2.75, 3.05) is 5.32 Å². The molecule has 1 aliphatic carbocycles. The maximum absolute atomic E-state index is 12.4. The van der Waals surface area contributed by atoms with Crippen LogP contribution in [0.15, 0.2) is 36.4 Å². The molecule has 0 aromatic heterocycles. The maximum atomic E-state index is 12.4. The molecule has 0 saturated carbocycles. The third-order valence-corrected chi connectivity index (χ3v) is 4.10. The average Bonchev–Trinajstić information content (AvgIpc) is 2.50. The third kappa shape index (κ3) is 2.77. The Morgan fingerprint density at radius 3 is 2.76 bits per heavy atom. The molecule has 0 unspecified atom stereocenters. The van der Waals surface area contributed by atoms with Gasteiger partial charge in [0.1, 0.15) is 5.75 Å². The van der Waals surface area contributed by atoms with Crippen LogP contribution in [0.5, 0.6) is 5.75 Å². The van der Waals surface area contributed by atoms with Gasteiger partial charge in [0.15, 0.2) is 0 Å². The highest BCUT2D eigenvalue weighted by Crippen LogP contribution is 2.28. The lowest BCUT2D eigenvalue weighted by molar-refractivity contribution is 0.102. The number of benzene rings is 2. The number of aromatic hydroxyl groups is 1. The van der Waals surface area contributed by atoms with Crippen LogP contribution in [0.1, 0.15) is 39.9 Å². The molecule has 0 saturated heterocycles. The first-order chi connectivity index (χ1) is 10.1. The van der Waals surface area contributed by atoms with E-state index in [-0.39, 0.29) is 11.7 Å². The summed E-state index contributed by atoms with van der Waals surface area (Å²) in [5.74, 6) is 0.0840. The molecule has 21 heavy (non-hydrogen) atoms. The van der Waals surface area contributed by atoms with Crippen LogP contribution in [-0.4, -0.2) is 11.0 Å². The molecule has 3 heteroatoms. The number of hydrogen-bond acceptors (Lipinski definition) is 2. The predicted octanol–water partition coefficient (Wildman–Crippen LogP) is 3.83. The zero-order valence-corrected chi connectivity index (χ0v) is 12.1. The second-order valence-corrected chi connectivity index (χ2v) is 5.61. The van der Waals surface area contributed by atoms with E-state index in [0.717, 1.165) is 18.5 Å². The molecule has 0 spiro atoms. The van der Waals surface area contributed by atoms with Gasteiger partial charge in [0.2, 0.25) is 0 Å². The zero-order chi connectivity index (χ0) is 14.8. The zero-order valence-electron chi connectivity index (χ0n) is 12.1. The van der Waals surface area contributed by atoms with Crippen LogP contribution in [0.2, 0.25) is 0 Å². The second kappa shape index (κ2) is 5.60. The highest BCUT2D eigenvalue weighted by molar-refractivity contribution is 6.05. The molecule has 0 aliphatic heterocycles. The standard InChI is InChI=1S/C18H19NO2/c1-12-11-14(9-10-17(12)20)18(21)19-16-8-4-6-13-5-2-3-7-15(13)16/h4,6,8-11,20H,2-3,5,7H2,1H3,(H,19,21). The number of fused-ring (bicyclic) bond motifs is 1. The van der Waals surface area contributed by atoms with Gasteiger partial charge in [-0.25, -0.2) is 0 Å². The number of aryl methyl sites for hydroxylation is 2. The molecule has 108 valence electrons. The Hall–Kier alpha value is -2.29. The summed E-state index contributed by atoms with van der Waals surface area (Å²) in [5, 5.41) is 12.6. The van der Waals surface area contributed by atoms with Crippen LogP contribution in [0.3, 0.4) is 0 Å². The lowest BCUT2D eigenvalue weighted by Crippen LogP contribution is -2.15. The largest absolute Gasteiger partial charge is 0.508 e. The normalized spacial score (nSPS) is 13.6. The smallest absolute Gasteiger partial charge is 0.255 e. The number of carbonyl (C=O) groups is 1. The summed E-state index contributed by atoms with van der Waals surface area (Å²) in [5.41, 5.74) is 4.81. The minimum absolute atomic E-state index is 0.128. The fourth-order valence-electron chi connectivity index (χ4n) is 2.89. The van der Waals surface area contributed by atoms with Crippen molar-refractivity contribution in [3.63, 3.8) is 0 Å². The Morgan fingerprint density at radius 1 is 1.14 bits per heavy atom. The number of nitrogens with one attached hydrogen (secondary N) is 1. The Kier molecular flexibility index (Phi) is 3.65. The van der Waals surface area contributed by atoms with E-state index in [2.05, 4.69) is 11.4 Å². The van der Waals surface area contributed by atoms with Gasteiger partial charge in [-0.3, -0.25) is 4.79 Å². The van der Waals surface area contributed by atoms with Gasteiger partial charge < -0.3 is 10.4 Å². The first-order valence-electron chi connectivity index (χ1n) is 7.37. The molecule has 1 amide bonds. The Labute approximate surface area is 124 Å². The van der Waals surface area contributed by atoms with Gasteiger partial charge in [-0.05, 0) is 73.6 Å². The topological polar surface area (TPSA) is 49.3 Å². The first-order valence-corrected chi connectivity index (χ1v) is 7.37. The van der Waals surface area contributed by atoms with Gasteiger partial charge in [-0.1, -0.05) is 12.1 Å². The molecule has 1 aliphatic rings. The highest BCUT2D eigenvalue weighted by atomic mass is 16.3. The van der Waals surface area contributed by atoms with Crippen molar-refractivity contribution < 1.29 is 9.90 Å². The van der Waals surface area contributed by atoms with Gasteiger partial charge in [0.25, 0.3) is 5.91 Å². The first kappa shape index (κ1) is 13.7. The van der Waals surface area contributed by atoms with Crippen LogP contribution >= 0.6 is 0 Å². The molecule has 3 nitrogen and oxygen atoms in total. The quantitative estimate of drug-likeness (QED) is 0.879. The van der Waals surface area contributed by atoms with Gasteiger partial charge in [0, 0.05) is 11.3 Å². The van der Waals surface area contributed by atoms with E-state index in [9.17, 15) is 9.90 Å². The SMILES string of the molecule is Cc1cc(C(=O)Nc2cccc3c2CCCC3)ccc1O. The van der Waals surface area contributed by atoms with Crippen molar-refractivity contribution in [3.8, 4) is 5.75 Å². The minimum atomic E-state index is -0.128. The number of rotatable bonds is 2. The minimum Gasteiger partial charge on any atom is -0.508 e. The fourth-order valence-corrected chi connectivity index (χ4v) is 2.89. The van der Waals surface area contributed by atoms with E-state index in [1.807, 2.05) is 12.1 Å². The molecular formula is C18H19NO2. The average molecular weight is 281 g/mol. The molecule has 0 fully saturated rings. The van der Waals surface area contributed by atoms with Gasteiger partial charge in [0.05, 0.1) is 0 Å². The van der Waals surface area contributed by atoms with Crippen LogP contribution in [-0.2, 0) is 12.8 Å². The highest BCUT2D eigenvalue weighted by Gasteiger charge is 2.15. The predicted molar refractivity (Wildman–Crippen MR) is 83.9 cm³/mol. The maximum Gasteiger partial charge on any atom is 0.255 e. The summed E-state index contributed by atoms with van der Waals surface area (Å²) in [6, 6.07) is 11.0. The Morgan fingerprint density at radius 2 is 1.95 bits per heavy atom. The molecule has 2 aromatic carbocycles. The second-order valence-electron chi connectivity index (χ2n) is 5.61. The van der Waals surface area contributed by atoms with Crippen LogP contribution in [0.25, 0.3) is 0 Å². The summed E-state index contributed by atoms with van der Waals surface area (Å²) in [6.45, 7) is 1.79. The number of phenolic OH excluding ortho intramolecular Hbond substituents is 1. The molecule has 0 atom stereocenters. The number of anilines is 1. The number of amides is 1. The van der Waals surface area contributed by atoms with Gasteiger partial charge >= 0.3 is 0 Å². The number of phenols is 1. The van der Waals surface area contributed by atoms with E-state index in [0.29, 0.717) is 11.1 Å². The lowest BCUT2D eigenvalue weighted by atomic mass is 9.90. The summed E-state index contributed by atoms with van der Waals surface area (Å²) in [7, 11) is 0. The number of hydrogen-bond donors (Lipinski definition) is 2. The molecule has 2 N–H and O–H groups in total. The molecule has 3 rings (SSSR count). The van der Waals surface area contributed by atoms with Crippen molar-refractivity contribution in [1.82, 2.24) is 0 Å². The molecular weight excluding hydrogens is 262 g/mol. The third-order valence-electron chi connectivity index (χ3n) is 4.10. The molecule has 0 bridgehead atoms. The van der Waals surface area contributed by atoms with E-state index < -0.39 is 0 Å². The summed E-state index contributed by atoms with van der Waals surface area (Å²) in [6.07, 6.45) is 4.53. The van der Waals surface area contributed by atoms with Crippen molar-refractivity contribution >= 4 is 11.6 Å². The monoisotopic (exact) mass is 281 g/mol. The summed E-state index contributed by atoms with van der Waals surface area (Å²) >= 11 is 0.